The van der Waals surface area contributed by atoms with E-state index < -0.39 is 6.10 Å². The molecular weight excluding hydrogens is 732 g/mol. The molecular formula is C45H49FN10O2. The monoisotopic (exact) mass is 780 g/mol. The van der Waals surface area contributed by atoms with E-state index in [0.29, 0.717) is 11.4 Å². The van der Waals surface area contributed by atoms with Gasteiger partial charge in [0, 0.05) is 106 Å². The van der Waals surface area contributed by atoms with Crippen LogP contribution in [-0.2, 0) is 0 Å². The van der Waals surface area contributed by atoms with Crippen molar-refractivity contribution < 1.29 is 14.6 Å². The van der Waals surface area contributed by atoms with Crippen LogP contribution in [0.5, 0.6) is 0 Å². The normalized spacial score (nSPS) is 19.2. The number of benzene rings is 2. The van der Waals surface area contributed by atoms with Gasteiger partial charge in [-0.1, -0.05) is 30.3 Å². The van der Waals surface area contributed by atoms with Crippen LogP contribution in [0.3, 0.4) is 0 Å². The van der Waals surface area contributed by atoms with Crippen molar-refractivity contribution in [2.24, 2.45) is 11.8 Å². The molecule has 4 fully saturated rings. The molecule has 0 radical (unpaired) electrons. The summed E-state index contributed by atoms with van der Waals surface area (Å²) in [6.07, 6.45) is 10.0. The molecule has 0 saturated carbocycles. The average Bonchev–Trinajstić information content (AvgIpc) is 3.23. The van der Waals surface area contributed by atoms with E-state index in [1.54, 1.807) is 30.9 Å². The number of hydrogen-bond acceptors (Lipinski definition) is 12. The highest BCUT2D eigenvalue weighted by atomic mass is 19.1. The zero-order valence-electron chi connectivity index (χ0n) is 32.8. The van der Waals surface area contributed by atoms with Crippen molar-refractivity contribution >= 4 is 45.1 Å². The van der Waals surface area contributed by atoms with Crippen LogP contribution < -0.4 is 19.6 Å². The number of pyridine rings is 2. The summed E-state index contributed by atoms with van der Waals surface area (Å²) in [5.74, 6) is 4.11. The Morgan fingerprint density at radius 2 is 1.26 bits per heavy atom. The van der Waals surface area contributed by atoms with Crippen LogP contribution >= 0.6 is 0 Å². The molecule has 0 amide bonds. The lowest BCUT2D eigenvalue weighted by molar-refractivity contribution is 0.0941. The number of aryl methyl sites for hydroxylation is 1. The van der Waals surface area contributed by atoms with Gasteiger partial charge in [-0.25, -0.2) is 24.3 Å². The molecule has 2 N–H and O–H groups in total. The molecule has 0 spiro atoms. The van der Waals surface area contributed by atoms with Gasteiger partial charge in [-0.15, -0.1) is 0 Å². The molecule has 4 saturated heterocycles. The summed E-state index contributed by atoms with van der Waals surface area (Å²) in [5.41, 5.74) is 5.38. The number of aromatic nitrogens is 6. The highest BCUT2D eigenvalue weighted by Crippen LogP contribution is 2.42. The summed E-state index contributed by atoms with van der Waals surface area (Å²) in [6.45, 7) is 8.71. The fourth-order valence-corrected chi connectivity index (χ4v) is 9.52. The number of piperidine rings is 2. The van der Waals surface area contributed by atoms with Gasteiger partial charge in [-0.05, 0) is 79.8 Å². The molecule has 1 unspecified atom stereocenters. The van der Waals surface area contributed by atoms with Gasteiger partial charge in [0.15, 0.2) is 11.6 Å². The van der Waals surface area contributed by atoms with Crippen molar-refractivity contribution in [3.8, 4) is 0 Å². The number of nitrogens with zero attached hydrogens (tertiary/aromatic N) is 10. The molecule has 8 heterocycles. The van der Waals surface area contributed by atoms with Crippen LogP contribution in [-0.4, -0.2) is 99.1 Å². The maximum atomic E-state index is 14.5. The van der Waals surface area contributed by atoms with Gasteiger partial charge in [0.25, 0.3) is 0 Å². The van der Waals surface area contributed by atoms with E-state index in [4.69, 9.17) is 24.9 Å². The van der Waals surface area contributed by atoms with Crippen LogP contribution in [0.15, 0.2) is 79.4 Å². The lowest BCUT2D eigenvalue weighted by atomic mass is 9.85. The Bertz CT molecular complexity index is 2440. The molecule has 12 nitrogen and oxygen atoms in total. The smallest absolute Gasteiger partial charge is 0.150 e. The Kier molecular flexibility index (Phi) is 9.72. The molecule has 0 bridgehead atoms. The molecule has 4 aromatic heterocycles. The van der Waals surface area contributed by atoms with Gasteiger partial charge < -0.3 is 29.8 Å². The summed E-state index contributed by atoms with van der Waals surface area (Å²) >= 11 is 0. The van der Waals surface area contributed by atoms with E-state index in [2.05, 4.69) is 55.8 Å². The number of aliphatic hydroxyl groups excluding tert-OH is 2. The number of rotatable bonds is 9. The fourth-order valence-electron chi connectivity index (χ4n) is 9.52. The predicted molar refractivity (Wildman–Crippen MR) is 224 cm³/mol. The molecule has 13 heteroatoms. The number of fused-ring (bicyclic) bond motifs is 2. The zero-order valence-corrected chi connectivity index (χ0v) is 32.8. The second-order valence-corrected chi connectivity index (χ2v) is 16.6. The summed E-state index contributed by atoms with van der Waals surface area (Å²) in [6, 6.07) is 17.3. The summed E-state index contributed by atoms with van der Waals surface area (Å²) in [7, 11) is 0. The van der Waals surface area contributed by atoms with Crippen molar-refractivity contribution in [3.63, 3.8) is 0 Å². The van der Waals surface area contributed by atoms with E-state index in [1.165, 1.54) is 6.07 Å². The first-order valence-electron chi connectivity index (χ1n) is 20.8. The molecule has 4 aliphatic heterocycles. The lowest BCUT2D eigenvalue weighted by Gasteiger charge is -2.42. The molecule has 0 aliphatic carbocycles. The third-order valence-corrected chi connectivity index (χ3v) is 13.1. The fraction of sp³-hybridized carbons (Fsp3) is 0.422. The van der Waals surface area contributed by atoms with Crippen molar-refractivity contribution in [1.29, 1.82) is 0 Å². The van der Waals surface area contributed by atoms with Crippen molar-refractivity contribution in [2.45, 2.75) is 50.5 Å². The molecule has 2 aromatic carbocycles. The molecule has 6 aromatic rings. The van der Waals surface area contributed by atoms with E-state index in [0.717, 1.165) is 140 Å². The van der Waals surface area contributed by atoms with Crippen LogP contribution in [0.2, 0.25) is 0 Å². The second kappa shape index (κ2) is 15.3. The number of anilines is 4. The van der Waals surface area contributed by atoms with Crippen LogP contribution in [0, 0.1) is 24.6 Å². The Labute approximate surface area is 337 Å². The SMILES string of the molecule is Cc1cccc2c(C(O)C3CCN(c4nccnc4C4CN(c5ccc6cccc(F)c6n5)C4)CC3)cc(N3CC(c4nccnc4N4CCC(CO)CC4)C3)nc12. The van der Waals surface area contributed by atoms with Crippen LogP contribution in [0.25, 0.3) is 21.8 Å². The predicted octanol–water partition coefficient (Wildman–Crippen LogP) is 6.18. The van der Waals surface area contributed by atoms with Gasteiger partial charge in [-0.2, -0.15) is 0 Å². The van der Waals surface area contributed by atoms with Gasteiger partial charge in [-0.3, -0.25) is 9.97 Å². The van der Waals surface area contributed by atoms with E-state index in [1.807, 2.05) is 18.2 Å². The summed E-state index contributed by atoms with van der Waals surface area (Å²) in [5, 5.41) is 23.6. The number of aliphatic hydroxyl groups is 2. The topological polar surface area (TPSA) is 131 Å². The van der Waals surface area contributed by atoms with Crippen LogP contribution in [0.4, 0.5) is 27.7 Å². The van der Waals surface area contributed by atoms with Gasteiger partial charge in [0.05, 0.1) is 23.0 Å². The standard InChI is InChI=1S/C45H49FN10O2/c1-28-4-2-6-34-35(22-38(52-39(28)34)56-25-33(26-56)42-44(49-16-14-48-42)53-18-10-29(27-57)11-19-53)43(58)31-12-20-54(21-13-31)45-41(47-15-17-50-45)32-23-55(24-32)37-9-8-30-5-3-7-36(46)40(30)51-37/h2-9,14-17,22,29,31-33,43,57-58H,10-13,18-21,23-27H2,1H3. The Hall–Kier alpha value is -5.53. The van der Waals surface area contributed by atoms with Crippen molar-refractivity contribution in [1.82, 2.24) is 29.9 Å². The van der Waals surface area contributed by atoms with Gasteiger partial charge in [0.1, 0.15) is 23.0 Å². The second-order valence-electron chi connectivity index (χ2n) is 16.6. The molecule has 4 aliphatic rings. The van der Waals surface area contributed by atoms with Crippen molar-refractivity contribution in [3.05, 3.63) is 108 Å². The highest BCUT2D eigenvalue weighted by molar-refractivity contribution is 5.87. The molecule has 298 valence electrons. The molecule has 58 heavy (non-hydrogen) atoms. The maximum absolute atomic E-state index is 14.5. The van der Waals surface area contributed by atoms with Gasteiger partial charge in [0.2, 0.25) is 0 Å². The minimum Gasteiger partial charge on any atom is -0.396 e. The first-order chi connectivity index (χ1) is 28.4. The van der Waals surface area contributed by atoms with E-state index in [-0.39, 0.29) is 30.2 Å². The quantitative estimate of drug-likeness (QED) is 0.174. The average molecular weight is 781 g/mol. The Morgan fingerprint density at radius 3 is 1.91 bits per heavy atom. The minimum atomic E-state index is -0.639. The summed E-state index contributed by atoms with van der Waals surface area (Å²) < 4.78 is 14.5. The van der Waals surface area contributed by atoms with Crippen LogP contribution in [0.1, 0.15) is 66.1 Å². The van der Waals surface area contributed by atoms with Gasteiger partial charge >= 0.3 is 0 Å². The number of hydrogen-bond donors (Lipinski definition) is 2. The maximum Gasteiger partial charge on any atom is 0.150 e. The third-order valence-electron chi connectivity index (χ3n) is 13.1. The lowest BCUT2D eigenvalue weighted by Crippen LogP contribution is -2.47. The highest BCUT2D eigenvalue weighted by Gasteiger charge is 2.37. The molecule has 1 atom stereocenters. The Balaban J connectivity index is 0.821. The molecule has 10 rings (SSSR count). The first kappa shape index (κ1) is 36.8. The van der Waals surface area contributed by atoms with Crippen molar-refractivity contribution in [2.75, 3.05) is 78.6 Å². The zero-order chi connectivity index (χ0) is 39.3. The van der Waals surface area contributed by atoms with E-state index >= 15 is 0 Å². The Morgan fingerprint density at radius 1 is 0.672 bits per heavy atom. The minimum absolute atomic E-state index is 0.0789. The first-order valence-corrected chi connectivity index (χ1v) is 20.8. The number of halogens is 1. The number of para-hydroxylation sites is 2. The van der Waals surface area contributed by atoms with E-state index in [9.17, 15) is 14.6 Å². The largest absolute Gasteiger partial charge is 0.396 e. The third kappa shape index (κ3) is 6.73. The summed E-state index contributed by atoms with van der Waals surface area (Å²) in [4.78, 5) is 38.2.